The minimum atomic E-state index is 0.656. The van der Waals surface area contributed by atoms with Crippen molar-refractivity contribution in [3.05, 3.63) is 34.9 Å². The van der Waals surface area contributed by atoms with Gasteiger partial charge in [0.25, 0.3) is 0 Å². The summed E-state index contributed by atoms with van der Waals surface area (Å²) < 4.78 is 5.33. The second-order valence-electron chi connectivity index (χ2n) is 3.56. The first-order chi connectivity index (χ1) is 7.19. The highest BCUT2D eigenvalue weighted by Gasteiger charge is 2.02. The third kappa shape index (κ3) is 3.28. The van der Waals surface area contributed by atoms with Crippen LogP contribution in [0.4, 0.5) is 0 Å². The monoisotopic (exact) mass is 224 g/mol. The minimum Gasteiger partial charge on any atom is -0.496 e. The fourth-order valence-corrected chi connectivity index (χ4v) is 1.52. The number of ether oxygens (including phenoxy) is 1. The van der Waals surface area contributed by atoms with Crippen LogP contribution in [0.1, 0.15) is 23.1 Å². The van der Waals surface area contributed by atoms with E-state index >= 15 is 0 Å². The average Bonchev–Trinajstić information content (AvgIpc) is 2.23. The van der Waals surface area contributed by atoms with Gasteiger partial charge in [0.15, 0.2) is 0 Å². The van der Waals surface area contributed by atoms with Crippen molar-refractivity contribution in [2.45, 2.75) is 20.3 Å². The van der Waals surface area contributed by atoms with Gasteiger partial charge in [0, 0.05) is 11.4 Å². The summed E-state index contributed by atoms with van der Waals surface area (Å²) in [6.45, 7) is 4.19. The Labute approximate surface area is 96.7 Å². The van der Waals surface area contributed by atoms with Crippen molar-refractivity contribution >= 4 is 17.7 Å². The van der Waals surface area contributed by atoms with Crippen molar-refractivity contribution in [3.63, 3.8) is 0 Å². The summed E-state index contributed by atoms with van der Waals surface area (Å²) in [4.78, 5) is 0. The lowest BCUT2D eigenvalue weighted by Crippen LogP contribution is -1.90. The van der Waals surface area contributed by atoms with Crippen LogP contribution in [0.25, 0.3) is 6.08 Å². The molecule has 1 aromatic rings. The van der Waals surface area contributed by atoms with Crippen molar-refractivity contribution in [3.8, 4) is 5.75 Å². The SMILES string of the molecule is COc1cc(C)c(C)cc1/C=C/CCCl. The summed E-state index contributed by atoms with van der Waals surface area (Å²) in [5.41, 5.74) is 3.65. The van der Waals surface area contributed by atoms with E-state index < -0.39 is 0 Å². The predicted molar refractivity (Wildman–Crippen MR) is 66.8 cm³/mol. The first-order valence-corrected chi connectivity index (χ1v) is 5.60. The Bertz CT molecular complexity index is 356. The average molecular weight is 225 g/mol. The largest absolute Gasteiger partial charge is 0.496 e. The number of hydrogen-bond donors (Lipinski definition) is 0. The van der Waals surface area contributed by atoms with Crippen LogP contribution in [0.15, 0.2) is 18.2 Å². The minimum absolute atomic E-state index is 0.656. The van der Waals surface area contributed by atoms with Gasteiger partial charge in [-0.1, -0.05) is 12.2 Å². The van der Waals surface area contributed by atoms with Crippen LogP contribution in [0.3, 0.4) is 0 Å². The molecule has 1 rings (SSSR count). The molecule has 1 nitrogen and oxygen atoms in total. The first-order valence-electron chi connectivity index (χ1n) is 5.06. The van der Waals surface area contributed by atoms with E-state index in [1.54, 1.807) is 7.11 Å². The van der Waals surface area contributed by atoms with Gasteiger partial charge in [-0.2, -0.15) is 0 Å². The number of halogens is 1. The molecular formula is C13H17ClO. The number of aryl methyl sites for hydroxylation is 2. The quantitative estimate of drug-likeness (QED) is 0.704. The molecule has 0 aliphatic heterocycles. The molecule has 0 heterocycles. The molecule has 82 valence electrons. The van der Waals surface area contributed by atoms with Crippen LogP contribution in [-0.4, -0.2) is 13.0 Å². The lowest BCUT2D eigenvalue weighted by molar-refractivity contribution is 0.413. The summed E-state index contributed by atoms with van der Waals surface area (Å²) in [7, 11) is 1.70. The molecule has 0 aromatic heterocycles. The maximum Gasteiger partial charge on any atom is 0.126 e. The normalized spacial score (nSPS) is 10.9. The van der Waals surface area contributed by atoms with Gasteiger partial charge in [0.05, 0.1) is 7.11 Å². The van der Waals surface area contributed by atoms with E-state index in [1.807, 2.05) is 0 Å². The molecule has 0 unspecified atom stereocenters. The Kier molecular flexibility index (Phi) is 4.70. The molecule has 0 radical (unpaired) electrons. The lowest BCUT2D eigenvalue weighted by atomic mass is 10.0. The van der Waals surface area contributed by atoms with Crippen molar-refractivity contribution in [1.82, 2.24) is 0 Å². The molecule has 15 heavy (non-hydrogen) atoms. The molecule has 0 fully saturated rings. The molecule has 0 amide bonds. The zero-order chi connectivity index (χ0) is 11.3. The van der Waals surface area contributed by atoms with Gasteiger partial charge in [-0.3, -0.25) is 0 Å². The third-order valence-corrected chi connectivity index (χ3v) is 2.64. The predicted octanol–water partition coefficient (Wildman–Crippen LogP) is 3.95. The van der Waals surface area contributed by atoms with Gasteiger partial charge < -0.3 is 4.74 Å². The molecule has 0 N–H and O–H groups in total. The van der Waals surface area contributed by atoms with E-state index in [9.17, 15) is 0 Å². The van der Waals surface area contributed by atoms with Crippen molar-refractivity contribution in [1.29, 1.82) is 0 Å². The van der Waals surface area contributed by atoms with Gasteiger partial charge in [-0.25, -0.2) is 0 Å². The maximum atomic E-state index is 5.62. The molecule has 1 aromatic carbocycles. The van der Waals surface area contributed by atoms with E-state index in [2.05, 4.69) is 38.1 Å². The van der Waals surface area contributed by atoms with Gasteiger partial charge in [0.1, 0.15) is 5.75 Å². The summed E-state index contributed by atoms with van der Waals surface area (Å²) >= 11 is 5.62. The Hall–Kier alpha value is -0.950. The molecule has 0 atom stereocenters. The number of hydrogen-bond acceptors (Lipinski definition) is 1. The first kappa shape index (κ1) is 12.1. The number of allylic oxidation sites excluding steroid dienone is 1. The highest BCUT2D eigenvalue weighted by atomic mass is 35.5. The van der Waals surface area contributed by atoms with Crippen LogP contribution in [-0.2, 0) is 0 Å². The Morgan fingerprint density at radius 1 is 1.27 bits per heavy atom. The molecule has 0 aliphatic rings. The second-order valence-corrected chi connectivity index (χ2v) is 3.94. The van der Waals surface area contributed by atoms with E-state index in [-0.39, 0.29) is 0 Å². The van der Waals surface area contributed by atoms with Crippen molar-refractivity contribution in [2.75, 3.05) is 13.0 Å². The molecule has 0 spiro atoms. The van der Waals surface area contributed by atoms with Crippen LogP contribution >= 0.6 is 11.6 Å². The van der Waals surface area contributed by atoms with Crippen molar-refractivity contribution in [2.24, 2.45) is 0 Å². The molecule has 2 heteroatoms. The van der Waals surface area contributed by atoms with E-state index in [1.165, 1.54) is 11.1 Å². The van der Waals surface area contributed by atoms with Gasteiger partial charge in [0.2, 0.25) is 0 Å². The summed E-state index contributed by atoms with van der Waals surface area (Å²) in [6.07, 6.45) is 5.02. The van der Waals surface area contributed by atoms with Crippen LogP contribution < -0.4 is 4.74 Å². The molecule has 0 saturated heterocycles. The van der Waals surface area contributed by atoms with Crippen molar-refractivity contribution < 1.29 is 4.74 Å². The summed E-state index contributed by atoms with van der Waals surface area (Å²) in [5.74, 6) is 1.58. The van der Waals surface area contributed by atoms with E-state index in [0.29, 0.717) is 5.88 Å². The molecular weight excluding hydrogens is 208 g/mol. The Morgan fingerprint density at radius 3 is 2.53 bits per heavy atom. The lowest BCUT2D eigenvalue weighted by Gasteiger charge is -2.08. The zero-order valence-corrected chi connectivity index (χ0v) is 10.3. The number of rotatable bonds is 4. The van der Waals surface area contributed by atoms with Gasteiger partial charge in [-0.05, 0) is 43.5 Å². The van der Waals surface area contributed by atoms with Gasteiger partial charge >= 0.3 is 0 Å². The molecule has 0 aliphatic carbocycles. The van der Waals surface area contributed by atoms with Gasteiger partial charge in [-0.15, -0.1) is 11.6 Å². The number of methoxy groups -OCH3 is 1. The highest BCUT2D eigenvalue weighted by molar-refractivity contribution is 6.17. The molecule has 0 saturated carbocycles. The van der Waals surface area contributed by atoms with Crippen LogP contribution in [0.5, 0.6) is 5.75 Å². The fraction of sp³-hybridized carbons (Fsp3) is 0.385. The highest BCUT2D eigenvalue weighted by Crippen LogP contribution is 2.24. The second kappa shape index (κ2) is 5.82. The van der Waals surface area contributed by atoms with E-state index in [0.717, 1.165) is 17.7 Å². The summed E-state index contributed by atoms with van der Waals surface area (Å²) in [6, 6.07) is 4.20. The summed E-state index contributed by atoms with van der Waals surface area (Å²) in [5, 5.41) is 0. The maximum absolute atomic E-state index is 5.62. The van der Waals surface area contributed by atoms with Crippen LogP contribution in [0, 0.1) is 13.8 Å². The Morgan fingerprint density at radius 2 is 1.93 bits per heavy atom. The topological polar surface area (TPSA) is 9.23 Å². The van der Waals surface area contributed by atoms with E-state index in [4.69, 9.17) is 16.3 Å². The zero-order valence-electron chi connectivity index (χ0n) is 9.51. The molecule has 0 bridgehead atoms. The fourth-order valence-electron chi connectivity index (χ4n) is 1.39. The van der Waals surface area contributed by atoms with Crippen LogP contribution in [0.2, 0.25) is 0 Å². The Balaban J connectivity index is 2.99. The smallest absolute Gasteiger partial charge is 0.126 e. The number of benzene rings is 1. The third-order valence-electron chi connectivity index (χ3n) is 2.42. The number of alkyl halides is 1. The standard InChI is InChI=1S/C13H17ClO/c1-10-8-12(6-4-5-7-14)13(15-3)9-11(10)2/h4,6,8-9H,5,7H2,1-3H3/b6-4+.